The van der Waals surface area contributed by atoms with Crippen LogP contribution >= 0.6 is 0 Å². The summed E-state index contributed by atoms with van der Waals surface area (Å²) in [6.07, 6.45) is 7.00. The maximum absolute atomic E-state index is 13.1. The van der Waals surface area contributed by atoms with Crippen LogP contribution in [-0.2, 0) is 4.79 Å². The summed E-state index contributed by atoms with van der Waals surface area (Å²) in [7, 11) is 0. The molecule has 0 N–H and O–H groups in total. The van der Waals surface area contributed by atoms with Crippen LogP contribution in [0.1, 0.15) is 50.3 Å². The van der Waals surface area contributed by atoms with E-state index >= 15 is 0 Å². The first-order valence-electron chi connectivity index (χ1n) is 9.96. The summed E-state index contributed by atoms with van der Waals surface area (Å²) in [5.74, 6) is 3.57. The summed E-state index contributed by atoms with van der Waals surface area (Å²) in [4.78, 5) is 19.7. The molecule has 0 spiro atoms. The molecule has 4 atom stereocenters. The van der Waals surface area contributed by atoms with Gasteiger partial charge in [0.05, 0.1) is 5.92 Å². The van der Waals surface area contributed by atoms with Gasteiger partial charge in [0.25, 0.3) is 0 Å². The molecule has 5 nitrogen and oxygen atoms in total. The number of likely N-dealkylation sites (tertiary alicyclic amines) is 1. The molecule has 5 heteroatoms. The Morgan fingerprint density at radius 3 is 2.77 bits per heavy atom. The van der Waals surface area contributed by atoms with Crippen LogP contribution in [0, 0.1) is 17.8 Å². The molecule has 5 rings (SSSR count). The maximum Gasteiger partial charge on any atom is 0.231 e. The van der Waals surface area contributed by atoms with Gasteiger partial charge in [-0.15, -0.1) is 0 Å². The van der Waals surface area contributed by atoms with Crippen LogP contribution in [0.25, 0.3) is 11.4 Å². The first kappa shape index (κ1) is 16.0. The van der Waals surface area contributed by atoms with Gasteiger partial charge in [-0.3, -0.25) is 4.79 Å². The van der Waals surface area contributed by atoms with Crippen LogP contribution in [0.5, 0.6) is 0 Å². The van der Waals surface area contributed by atoms with Gasteiger partial charge in [0.1, 0.15) is 0 Å². The van der Waals surface area contributed by atoms with E-state index < -0.39 is 0 Å². The van der Waals surface area contributed by atoms with Gasteiger partial charge in [0.15, 0.2) is 0 Å². The standard InChI is InChI=1S/C21H25N3O2/c25-21(18-12-14-8-9-16(18)11-14)24-10-4-7-17(13-24)20-22-19(23-26-20)15-5-2-1-3-6-15/h1-3,5-6,14,16-18H,4,7-13H2/t14?,16?,17-,18?/m0/s1. The number of amides is 1. The van der Waals surface area contributed by atoms with E-state index in [-0.39, 0.29) is 11.8 Å². The third-order valence-corrected chi connectivity index (χ3v) is 6.61. The summed E-state index contributed by atoms with van der Waals surface area (Å²) in [5.41, 5.74) is 0.966. The second kappa shape index (κ2) is 6.53. The number of fused-ring (bicyclic) bond motifs is 2. The predicted octanol–water partition coefficient (Wildman–Crippen LogP) is 3.88. The fraction of sp³-hybridized carbons (Fsp3) is 0.571. The van der Waals surface area contributed by atoms with Crippen molar-refractivity contribution in [3.8, 4) is 11.4 Å². The summed E-state index contributed by atoms with van der Waals surface area (Å²) < 4.78 is 5.56. The highest BCUT2D eigenvalue weighted by atomic mass is 16.5. The molecule has 1 aliphatic heterocycles. The highest BCUT2D eigenvalue weighted by Gasteiger charge is 2.45. The van der Waals surface area contributed by atoms with Crippen LogP contribution in [0.2, 0.25) is 0 Å². The fourth-order valence-corrected chi connectivity index (χ4v) is 5.27. The van der Waals surface area contributed by atoms with E-state index in [0.717, 1.165) is 43.8 Å². The van der Waals surface area contributed by atoms with Crippen molar-refractivity contribution in [3.63, 3.8) is 0 Å². The van der Waals surface area contributed by atoms with E-state index in [4.69, 9.17) is 4.52 Å². The molecule has 136 valence electrons. The van der Waals surface area contributed by atoms with Crippen molar-refractivity contribution < 1.29 is 9.32 Å². The summed E-state index contributed by atoms with van der Waals surface area (Å²) in [6, 6.07) is 9.90. The van der Waals surface area contributed by atoms with E-state index in [9.17, 15) is 4.79 Å². The van der Waals surface area contributed by atoms with Gasteiger partial charge in [-0.25, -0.2) is 0 Å². The van der Waals surface area contributed by atoms with Crippen LogP contribution in [0.3, 0.4) is 0 Å². The molecular weight excluding hydrogens is 326 g/mol. The van der Waals surface area contributed by atoms with Crippen LogP contribution in [0.15, 0.2) is 34.9 Å². The van der Waals surface area contributed by atoms with Crippen molar-refractivity contribution in [2.24, 2.45) is 17.8 Å². The first-order valence-corrected chi connectivity index (χ1v) is 9.96. The number of rotatable bonds is 3. The molecule has 0 radical (unpaired) electrons. The number of piperidine rings is 1. The molecular formula is C21H25N3O2. The quantitative estimate of drug-likeness (QED) is 0.842. The molecule has 3 fully saturated rings. The lowest BCUT2D eigenvalue weighted by atomic mass is 9.86. The van der Waals surface area contributed by atoms with Crippen molar-refractivity contribution in [2.75, 3.05) is 13.1 Å². The molecule has 1 amide bonds. The van der Waals surface area contributed by atoms with Crippen molar-refractivity contribution >= 4 is 5.91 Å². The molecule has 3 aliphatic rings. The molecule has 2 saturated carbocycles. The van der Waals surface area contributed by atoms with E-state index in [0.29, 0.717) is 23.5 Å². The number of nitrogens with zero attached hydrogens (tertiary/aromatic N) is 3. The van der Waals surface area contributed by atoms with Gasteiger partial charge in [0.2, 0.25) is 17.6 Å². The second-order valence-corrected chi connectivity index (χ2v) is 8.23. The summed E-state index contributed by atoms with van der Waals surface area (Å²) in [6.45, 7) is 1.60. The Balaban J connectivity index is 1.29. The van der Waals surface area contributed by atoms with Crippen LogP contribution in [0.4, 0.5) is 0 Å². The maximum atomic E-state index is 13.1. The monoisotopic (exact) mass is 351 g/mol. The van der Waals surface area contributed by atoms with Gasteiger partial charge in [-0.05, 0) is 43.9 Å². The summed E-state index contributed by atoms with van der Waals surface area (Å²) in [5, 5.41) is 4.15. The zero-order chi connectivity index (χ0) is 17.5. The lowest BCUT2D eigenvalue weighted by Crippen LogP contribution is -2.43. The third-order valence-electron chi connectivity index (χ3n) is 6.61. The molecule has 1 saturated heterocycles. The highest BCUT2D eigenvalue weighted by Crippen LogP contribution is 2.49. The van der Waals surface area contributed by atoms with Crippen LogP contribution < -0.4 is 0 Å². The zero-order valence-corrected chi connectivity index (χ0v) is 15.0. The molecule has 2 bridgehead atoms. The lowest BCUT2D eigenvalue weighted by Gasteiger charge is -2.34. The predicted molar refractivity (Wildman–Crippen MR) is 97.2 cm³/mol. The van der Waals surface area contributed by atoms with Crippen LogP contribution in [-0.4, -0.2) is 34.0 Å². The Bertz CT molecular complexity index is 788. The number of hydrogen-bond acceptors (Lipinski definition) is 4. The first-order chi connectivity index (χ1) is 12.8. The Kier molecular flexibility index (Phi) is 4.03. The van der Waals surface area contributed by atoms with Crippen molar-refractivity contribution in [2.45, 2.75) is 44.4 Å². The van der Waals surface area contributed by atoms with E-state index in [2.05, 4.69) is 15.0 Å². The smallest absolute Gasteiger partial charge is 0.231 e. The molecule has 1 aromatic carbocycles. The molecule has 26 heavy (non-hydrogen) atoms. The van der Waals surface area contributed by atoms with E-state index in [1.54, 1.807) is 0 Å². The minimum Gasteiger partial charge on any atom is -0.342 e. The van der Waals surface area contributed by atoms with Gasteiger partial charge in [-0.1, -0.05) is 41.9 Å². The number of benzene rings is 1. The Hall–Kier alpha value is -2.17. The van der Waals surface area contributed by atoms with E-state index in [1.165, 1.54) is 19.3 Å². The number of aromatic nitrogens is 2. The number of hydrogen-bond donors (Lipinski definition) is 0. The Morgan fingerprint density at radius 2 is 2.00 bits per heavy atom. The summed E-state index contributed by atoms with van der Waals surface area (Å²) >= 11 is 0. The SMILES string of the molecule is O=C(C1CC2CCC1C2)N1CCC[C@H](c2nc(-c3ccccc3)no2)C1. The molecule has 1 aromatic heterocycles. The van der Waals surface area contributed by atoms with Gasteiger partial charge >= 0.3 is 0 Å². The normalized spacial score (nSPS) is 30.7. The molecule has 2 heterocycles. The van der Waals surface area contributed by atoms with Crippen molar-refractivity contribution in [3.05, 3.63) is 36.2 Å². The van der Waals surface area contributed by atoms with Crippen molar-refractivity contribution in [1.82, 2.24) is 15.0 Å². The lowest BCUT2D eigenvalue weighted by molar-refractivity contribution is -0.138. The number of carbonyl (C=O) groups is 1. The van der Waals surface area contributed by atoms with Crippen molar-refractivity contribution in [1.29, 1.82) is 0 Å². The van der Waals surface area contributed by atoms with E-state index in [1.807, 2.05) is 30.3 Å². The average molecular weight is 351 g/mol. The topological polar surface area (TPSA) is 59.2 Å². The minimum atomic E-state index is 0.163. The Labute approximate surface area is 153 Å². The molecule has 2 aromatic rings. The third kappa shape index (κ3) is 2.83. The number of carbonyl (C=O) groups excluding carboxylic acids is 1. The Morgan fingerprint density at radius 1 is 1.12 bits per heavy atom. The molecule has 2 aliphatic carbocycles. The van der Waals surface area contributed by atoms with Gasteiger partial charge in [0, 0.05) is 24.6 Å². The minimum absolute atomic E-state index is 0.163. The average Bonchev–Trinajstić information content (AvgIpc) is 3.45. The second-order valence-electron chi connectivity index (χ2n) is 8.23. The van der Waals surface area contributed by atoms with Gasteiger partial charge in [-0.2, -0.15) is 4.98 Å². The molecule has 3 unspecified atom stereocenters. The fourth-order valence-electron chi connectivity index (χ4n) is 5.27. The zero-order valence-electron chi connectivity index (χ0n) is 15.0. The highest BCUT2D eigenvalue weighted by molar-refractivity contribution is 5.80. The van der Waals surface area contributed by atoms with Gasteiger partial charge < -0.3 is 9.42 Å². The largest absolute Gasteiger partial charge is 0.342 e.